The first kappa shape index (κ1) is 10.8. The number of hydrogen-bond donors (Lipinski definition) is 2. The van der Waals surface area contributed by atoms with Gasteiger partial charge in [0.1, 0.15) is 5.76 Å². The maximum absolute atomic E-state index is 10.5. The van der Waals surface area contributed by atoms with E-state index in [1.54, 1.807) is 12.1 Å². The summed E-state index contributed by atoms with van der Waals surface area (Å²) in [6, 6.07) is 2.61. The number of carboxylic acids is 1. The molecule has 0 unspecified atom stereocenters. The number of carbonyl (C=O) groups excluding carboxylic acids is 1. The second-order valence-corrected chi connectivity index (χ2v) is 3.36. The van der Waals surface area contributed by atoms with E-state index >= 15 is 0 Å². The molecule has 1 aromatic rings. The predicted molar refractivity (Wildman–Crippen MR) is 50.6 cm³/mol. The summed E-state index contributed by atoms with van der Waals surface area (Å²) >= 11 is 3.09. The van der Waals surface area contributed by atoms with Crippen LogP contribution < -0.4 is 5.32 Å². The number of rotatable bonds is 5. The third-order valence-electron chi connectivity index (χ3n) is 1.59. The second-order valence-electron chi connectivity index (χ2n) is 2.58. The zero-order valence-electron chi connectivity index (χ0n) is 7.07. The van der Waals surface area contributed by atoms with Gasteiger partial charge in [0.25, 0.3) is 0 Å². The molecule has 14 heavy (non-hydrogen) atoms. The number of carboxylic acid groups (broad SMARTS) is 1. The zero-order chi connectivity index (χ0) is 10.6. The molecule has 0 radical (unpaired) electrons. The van der Waals surface area contributed by atoms with Crippen molar-refractivity contribution in [3.8, 4) is 0 Å². The van der Waals surface area contributed by atoms with Crippen LogP contribution in [0.15, 0.2) is 21.2 Å². The van der Waals surface area contributed by atoms with Gasteiger partial charge in [-0.05, 0) is 28.1 Å². The lowest BCUT2D eigenvalue weighted by Gasteiger charge is -2.09. The molecule has 1 rings (SSSR count). The Bertz CT molecular complexity index is 336. The Morgan fingerprint density at radius 3 is 2.86 bits per heavy atom. The fraction of sp³-hybridized carbons (Fsp3) is 0.250. The maximum Gasteiger partial charge on any atom is 0.305 e. The van der Waals surface area contributed by atoms with Crippen molar-refractivity contribution in [2.45, 2.75) is 12.5 Å². The molecule has 5 nitrogen and oxygen atoms in total. The van der Waals surface area contributed by atoms with Crippen LogP contribution in [-0.4, -0.2) is 17.5 Å². The molecule has 1 atom stereocenters. The van der Waals surface area contributed by atoms with Crippen LogP contribution in [0.4, 0.5) is 0 Å². The van der Waals surface area contributed by atoms with Gasteiger partial charge in [-0.3, -0.25) is 9.59 Å². The van der Waals surface area contributed by atoms with E-state index in [0.29, 0.717) is 16.8 Å². The van der Waals surface area contributed by atoms with Gasteiger partial charge in [-0.1, -0.05) is 0 Å². The fourth-order valence-corrected chi connectivity index (χ4v) is 1.33. The Morgan fingerprint density at radius 1 is 1.71 bits per heavy atom. The van der Waals surface area contributed by atoms with Crippen LogP contribution >= 0.6 is 15.9 Å². The molecule has 76 valence electrons. The van der Waals surface area contributed by atoms with Crippen molar-refractivity contribution in [3.05, 3.63) is 22.6 Å². The van der Waals surface area contributed by atoms with E-state index in [0.717, 1.165) is 0 Å². The van der Waals surface area contributed by atoms with Gasteiger partial charge in [0.05, 0.1) is 12.5 Å². The lowest BCUT2D eigenvalue weighted by molar-refractivity contribution is -0.137. The van der Waals surface area contributed by atoms with E-state index in [2.05, 4.69) is 21.2 Å². The molecule has 0 aromatic carbocycles. The minimum absolute atomic E-state index is 0.210. The van der Waals surface area contributed by atoms with Crippen molar-refractivity contribution in [2.75, 3.05) is 0 Å². The first-order chi connectivity index (χ1) is 6.63. The number of aliphatic carboxylic acids is 1. The molecule has 1 heterocycles. The van der Waals surface area contributed by atoms with Gasteiger partial charge in [0.15, 0.2) is 4.67 Å². The first-order valence-electron chi connectivity index (χ1n) is 3.80. The van der Waals surface area contributed by atoms with E-state index in [1.165, 1.54) is 0 Å². The molecule has 2 N–H and O–H groups in total. The van der Waals surface area contributed by atoms with Gasteiger partial charge < -0.3 is 14.8 Å². The molecule has 0 fully saturated rings. The summed E-state index contributed by atoms with van der Waals surface area (Å²) in [5.41, 5.74) is 0. The minimum Gasteiger partial charge on any atom is -0.481 e. The highest BCUT2D eigenvalue weighted by Gasteiger charge is 2.17. The molecule has 0 bridgehead atoms. The Morgan fingerprint density at radius 2 is 2.43 bits per heavy atom. The largest absolute Gasteiger partial charge is 0.481 e. The highest BCUT2D eigenvalue weighted by Crippen LogP contribution is 2.22. The number of furan rings is 1. The van der Waals surface area contributed by atoms with E-state index < -0.39 is 12.0 Å². The number of carbonyl (C=O) groups is 2. The zero-order valence-corrected chi connectivity index (χ0v) is 8.65. The Labute approximate surface area is 88.2 Å². The third kappa shape index (κ3) is 2.88. The summed E-state index contributed by atoms with van der Waals surface area (Å²) in [5.74, 6) is -0.594. The van der Waals surface area contributed by atoms with Crippen LogP contribution in [-0.2, 0) is 9.59 Å². The summed E-state index contributed by atoms with van der Waals surface area (Å²) in [4.78, 5) is 20.7. The topological polar surface area (TPSA) is 79.5 Å². The van der Waals surface area contributed by atoms with Crippen LogP contribution in [0.1, 0.15) is 18.2 Å². The average Bonchev–Trinajstić information content (AvgIpc) is 2.50. The molecule has 0 aliphatic rings. The van der Waals surface area contributed by atoms with Crippen LogP contribution in [0.2, 0.25) is 0 Å². The second kappa shape index (κ2) is 4.80. The molecule has 1 aromatic heterocycles. The molecular formula is C8H8BrNO4. The highest BCUT2D eigenvalue weighted by atomic mass is 79.9. The highest BCUT2D eigenvalue weighted by molar-refractivity contribution is 9.10. The van der Waals surface area contributed by atoms with E-state index in [1.807, 2.05) is 0 Å². The van der Waals surface area contributed by atoms with Gasteiger partial charge in [-0.25, -0.2) is 0 Å². The average molecular weight is 262 g/mol. The summed E-state index contributed by atoms with van der Waals surface area (Å²) in [6.07, 6.45) is 0.239. The molecule has 0 spiro atoms. The van der Waals surface area contributed by atoms with Crippen molar-refractivity contribution >= 4 is 28.3 Å². The number of nitrogens with one attached hydrogen (secondary N) is 1. The Balaban J connectivity index is 2.76. The van der Waals surface area contributed by atoms with Crippen LogP contribution in [0.25, 0.3) is 0 Å². The van der Waals surface area contributed by atoms with E-state index in [-0.39, 0.29) is 6.42 Å². The van der Waals surface area contributed by atoms with Crippen molar-refractivity contribution < 1.29 is 19.1 Å². The molecule has 6 heteroatoms. The molecule has 0 aliphatic carbocycles. The van der Waals surface area contributed by atoms with Crippen LogP contribution in [0, 0.1) is 0 Å². The van der Waals surface area contributed by atoms with E-state index in [9.17, 15) is 9.59 Å². The minimum atomic E-state index is -1.00. The van der Waals surface area contributed by atoms with Gasteiger partial charge in [-0.15, -0.1) is 0 Å². The molecule has 0 saturated heterocycles. The Kier molecular flexibility index (Phi) is 3.70. The normalized spacial score (nSPS) is 12.1. The van der Waals surface area contributed by atoms with Gasteiger partial charge in [0.2, 0.25) is 6.41 Å². The smallest absolute Gasteiger partial charge is 0.305 e. The van der Waals surface area contributed by atoms with Crippen molar-refractivity contribution in [1.82, 2.24) is 5.32 Å². The summed E-state index contributed by atoms with van der Waals surface area (Å²) in [7, 11) is 0. The maximum atomic E-state index is 10.5. The standard InChI is InChI=1S/C8H8BrNO4/c9-7-2-1-6(14-7)5(10-4-11)3-8(12)13/h1-2,4-5H,3H2,(H,10,11)(H,12,13)/t5-/m1/s1. The summed E-state index contributed by atoms with van der Waals surface area (Å²) < 4.78 is 5.63. The predicted octanol–water partition coefficient (Wildman–Crippen LogP) is 1.30. The lowest BCUT2D eigenvalue weighted by Crippen LogP contribution is -2.21. The lowest BCUT2D eigenvalue weighted by atomic mass is 10.1. The fourth-order valence-electron chi connectivity index (χ4n) is 1.01. The van der Waals surface area contributed by atoms with Crippen molar-refractivity contribution in [1.29, 1.82) is 0 Å². The number of halogens is 1. The Hall–Kier alpha value is -1.30. The summed E-state index contributed by atoms with van der Waals surface area (Å²) in [6.45, 7) is 0. The van der Waals surface area contributed by atoms with Gasteiger partial charge in [-0.2, -0.15) is 0 Å². The quantitative estimate of drug-likeness (QED) is 0.784. The summed E-state index contributed by atoms with van der Waals surface area (Å²) in [5, 5.41) is 10.9. The molecular weight excluding hydrogens is 254 g/mol. The van der Waals surface area contributed by atoms with Crippen molar-refractivity contribution in [3.63, 3.8) is 0 Å². The third-order valence-corrected chi connectivity index (χ3v) is 2.01. The monoisotopic (exact) mass is 261 g/mol. The first-order valence-corrected chi connectivity index (χ1v) is 4.59. The van der Waals surface area contributed by atoms with E-state index in [4.69, 9.17) is 9.52 Å². The molecule has 1 amide bonds. The van der Waals surface area contributed by atoms with Gasteiger partial charge >= 0.3 is 5.97 Å². The number of amides is 1. The molecule has 0 saturated carbocycles. The van der Waals surface area contributed by atoms with Crippen molar-refractivity contribution in [2.24, 2.45) is 0 Å². The SMILES string of the molecule is O=CN[C@H](CC(=O)O)c1ccc(Br)o1. The van der Waals surface area contributed by atoms with Crippen LogP contribution in [0.3, 0.4) is 0 Å². The van der Waals surface area contributed by atoms with Crippen LogP contribution in [0.5, 0.6) is 0 Å². The molecule has 0 aliphatic heterocycles. The van der Waals surface area contributed by atoms with Gasteiger partial charge in [0, 0.05) is 0 Å². The number of hydrogen-bond acceptors (Lipinski definition) is 3.